The quantitative estimate of drug-likeness (QED) is 0.806. The van der Waals surface area contributed by atoms with Gasteiger partial charge in [0.2, 0.25) is 0 Å². The Morgan fingerprint density at radius 3 is 2.04 bits per heavy atom. The van der Waals surface area contributed by atoms with Crippen LogP contribution in [-0.2, 0) is 6.54 Å². The summed E-state index contributed by atoms with van der Waals surface area (Å²) in [5, 5.41) is 3.20. The highest BCUT2D eigenvalue weighted by Gasteiger charge is 2.30. The van der Waals surface area contributed by atoms with Crippen LogP contribution in [0.3, 0.4) is 0 Å². The van der Waals surface area contributed by atoms with Crippen LogP contribution in [0.4, 0.5) is 13.2 Å². The summed E-state index contributed by atoms with van der Waals surface area (Å²) in [5.74, 6) is 1.02. The second-order valence-corrected chi connectivity index (χ2v) is 5.20. The molecule has 0 bridgehead atoms. The molecule has 1 unspecified atom stereocenters. The fraction of sp³-hybridized carbons (Fsp3) is 0.278. The van der Waals surface area contributed by atoms with E-state index in [0.717, 1.165) is 11.1 Å². The van der Waals surface area contributed by atoms with Gasteiger partial charge in [-0.15, -0.1) is 13.2 Å². The maximum absolute atomic E-state index is 12.2. The molecule has 1 atom stereocenters. The average molecular weight is 354 g/mol. The van der Waals surface area contributed by atoms with Gasteiger partial charge in [-0.3, -0.25) is 0 Å². The van der Waals surface area contributed by atoms with Gasteiger partial charge in [0.1, 0.15) is 17.2 Å². The van der Waals surface area contributed by atoms with Crippen LogP contribution < -0.4 is 19.5 Å². The number of alkyl halides is 3. The topological polar surface area (TPSA) is 39.7 Å². The molecule has 2 rings (SSSR count). The van der Waals surface area contributed by atoms with E-state index in [1.165, 1.54) is 12.1 Å². The minimum Gasteiger partial charge on any atom is -0.496 e. The molecule has 0 saturated heterocycles. The molecular weight excluding hydrogens is 335 g/mol. The van der Waals surface area contributed by atoms with Crippen molar-refractivity contribution in [3.63, 3.8) is 0 Å². The molecule has 0 fully saturated rings. The number of methoxy groups -OCH3 is 2. The SMILES string of the molecule is [CH2]C(NCc1ccc(OC(F)(F)F)cc1)c1c(OC)cccc1OC. The summed E-state index contributed by atoms with van der Waals surface area (Å²) in [6.07, 6.45) is -4.70. The fourth-order valence-electron chi connectivity index (χ4n) is 2.38. The summed E-state index contributed by atoms with van der Waals surface area (Å²) in [4.78, 5) is 0. The van der Waals surface area contributed by atoms with Crippen LogP contribution in [0, 0.1) is 6.92 Å². The van der Waals surface area contributed by atoms with Gasteiger partial charge in [0.05, 0.1) is 19.8 Å². The van der Waals surface area contributed by atoms with E-state index in [4.69, 9.17) is 9.47 Å². The molecule has 7 heteroatoms. The molecule has 1 N–H and O–H groups in total. The maximum atomic E-state index is 12.2. The van der Waals surface area contributed by atoms with Crippen LogP contribution >= 0.6 is 0 Å². The number of ether oxygens (including phenoxy) is 3. The molecular formula is C18H19F3NO3. The average Bonchev–Trinajstić information content (AvgIpc) is 2.58. The van der Waals surface area contributed by atoms with E-state index in [0.29, 0.717) is 18.0 Å². The van der Waals surface area contributed by atoms with Crippen molar-refractivity contribution in [3.8, 4) is 17.2 Å². The lowest BCUT2D eigenvalue weighted by Gasteiger charge is -2.20. The van der Waals surface area contributed by atoms with Crippen LogP contribution in [0.15, 0.2) is 42.5 Å². The third-order valence-electron chi connectivity index (χ3n) is 3.52. The van der Waals surface area contributed by atoms with Gasteiger partial charge in [-0.1, -0.05) is 18.2 Å². The van der Waals surface area contributed by atoms with Crippen molar-refractivity contribution in [2.45, 2.75) is 18.9 Å². The minimum absolute atomic E-state index is 0.256. The normalized spacial score (nSPS) is 12.6. The molecule has 0 aliphatic rings. The highest BCUT2D eigenvalue weighted by molar-refractivity contribution is 5.47. The molecule has 4 nitrogen and oxygen atoms in total. The Morgan fingerprint density at radius 1 is 1.00 bits per heavy atom. The van der Waals surface area contributed by atoms with E-state index in [1.807, 2.05) is 6.07 Å². The molecule has 25 heavy (non-hydrogen) atoms. The number of halogens is 3. The van der Waals surface area contributed by atoms with E-state index in [1.54, 1.807) is 38.5 Å². The second kappa shape index (κ2) is 8.11. The molecule has 0 saturated carbocycles. The zero-order chi connectivity index (χ0) is 18.4. The number of rotatable bonds is 7. The number of hydrogen-bond acceptors (Lipinski definition) is 4. The number of hydrogen-bond donors (Lipinski definition) is 1. The van der Waals surface area contributed by atoms with Gasteiger partial charge >= 0.3 is 6.36 Å². The highest BCUT2D eigenvalue weighted by atomic mass is 19.4. The smallest absolute Gasteiger partial charge is 0.496 e. The molecule has 0 aliphatic heterocycles. The largest absolute Gasteiger partial charge is 0.573 e. The lowest BCUT2D eigenvalue weighted by molar-refractivity contribution is -0.274. The van der Waals surface area contributed by atoms with E-state index >= 15 is 0 Å². The van der Waals surface area contributed by atoms with Gasteiger partial charge < -0.3 is 19.5 Å². The van der Waals surface area contributed by atoms with Crippen molar-refractivity contribution >= 4 is 0 Å². The Labute approximate surface area is 144 Å². The lowest BCUT2D eigenvalue weighted by Crippen LogP contribution is -2.20. The molecule has 1 radical (unpaired) electrons. The Morgan fingerprint density at radius 2 is 1.56 bits per heavy atom. The van der Waals surface area contributed by atoms with Crippen molar-refractivity contribution in [3.05, 3.63) is 60.5 Å². The van der Waals surface area contributed by atoms with Crippen LogP contribution in [-0.4, -0.2) is 20.6 Å². The van der Waals surface area contributed by atoms with Gasteiger partial charge in [-0.25, -0.2) is 0 Å². The summed E-state index contributed by atoms with van der Waals surface area (Å²) in [5.41, 5.74) is 1.56. The summed E-state index contributed by atoms with van der Waals surface area (Å²) in [7, 11) is 3.12. The zero-order valence-corrected chi connectivity index (χ0v) is 13.9. The Balaban J connectivity index is 2.04. The van der Waals surface area contributed by atoms with Crippen molar-refractivity contribution in [1.82, 2.24) is 5.32 Å². The predicted octanol–water partition coefficient (Wildman–Crippen LogP) is 4.27. The standard InChI is InChI=1S/C18H19F3NO3/c1-12(17-15(23-2)5-4-6-16(17)24-3)22-11-13-7-9-14(10-8-13)25-18(19,20)21/h4-10,12,22H,1,11H2,2-3H3. The first-order valence-electron chi connectivity index (χ1n) is 7.46. The highest BCUT2D eigenvalue weighted by Crippen LogP contribution is 2.33. The summed E-state index contributed by atoms with van der Waals surface area (Å²) >= 11 is 0. The van der Waals surface area contributed by atoms with Crippen molar-refractivity contribution in [2.24, 2.45) is 0 Å². The summed E-state index contributed by atoms with van der Waals surface area (Å²) in [6, 6.07) is 10.7. The van der Waals surface area contributed by atoms with Gasteiger partial charge in [0, 0.05) is 12.6 Å². The first-order valence-corrected chi connectivity index (χ1v) is 7.46. The van der Waals surface area contributed by atoms with E-state index in [2.05, 4.69) is 17.0 Å². The minimum atomic E-state index is -4.70. The first-order chi connectivity index (χ1) is 11.8. The van der Waals surface area contributed by atoms with Gasteiger partial charge in [-0.2, -0.15) is 0 Å². The number of nitrogens with one attached hydrogen (secondary N) is 1. The molecule has 0 heterocycles. The van der Waals surface area contributed by atoms with Crippen LogP contribution in [0.2, 0.25) is 0 Å². The van der Waals surface area contributed by atoms with Crippen LogP contribution in [0.5, 0.6) is 17.2 Å². The molecule has 0 aromatic heterocycles. The molecule has 0 amide bonds. The number of benzene rings is 2. The lowest BCUT2D eigenvalue weighted by atomic mass is 10.1. The molecule has 0 spiro atoms. The summed E-state index contributed by atoms with van der Waals surface area (Å²) in [6.45, 7) is 4.47. The molecule has 2 aromatic carbocycles. The van der Waals surface area contributed by atoms with Crippen molar-refractivity contribution < 1.29 is 27.4 Å². The first kappa shape index (κ1) is 18.9. The Bertz CT molecular complexity index is 665. The van der Waals surface area contributed by atoms with Crippen molar-refractivity contribution in [2.75, 3.05) is 14.2 Å². The Kier molecular flexibility index (Phi) is 6.14. The third kappa shape index (κ3) is 5.29. The van der Waals surface area contributed by atoms with Gasteiger partial charge in [0.15, 0.2) is 0 Å². The van der Waals surface area contributed by atoms with Crippen LogP contribution in [0.25, 0.3) is 0 Å². The fourth-order valence-corrected chi connectivity index (χ4v) is 2.38. The third-order valence-corrected chi connectivity index (χ3v) is 3.52. The predicted molar refractivity (Wildman–Crippen MR) is 87.6 cm³/mol. The van der Waals surface area contributed by atoms with Gasteiger partial charge in [0.25, 0.3) is 0 Å². The maximum Gasteiger partial charge on any atom is 0.573 e. The summed E-state index contributed by atoms with van der Waals surface area (Å²) < 4.78 is 51.0. The van der Waals surface area contributed by atoms with E-state index in [-0.39, 0.29) is 11.8 Å². The van der Waals surface area contributed by atoms with Crippen molar-refractivity contribution in [1.29, 1.82) is 0 Å². The van der Waals surface area contributed by atoms with Crippen LogP contribution in [0.1, 0.15) is 17.2 Å². The monoisotopic (exact) mass is 354 g/mol. The molecule has 135 valence electrons. The van der Waals surface area contributed by atoms with E-state index < -0.39 is 6.36 Å². The molecule has 0 aliphatic carbocycles. The molecule has 2 aromatic rings. The Hall–Kier alpha value is -2.41. The van der Waals surface area contributed by atoms with E-state index in [9.17, 15) is 13.2 Å². The van der Waals surface area contributed by atoms with Gasteiger partial charge in [-0.05, 0) is 36.8 Å². The second-order valence-electron chi connectivity index (χ2n) is 5.20. The zero-order valence-electron chi connectivity index (χ0n) is 13.9.